The lowest BCUT2D eigenvalue weighted by atomic mass is 10.2. The van der Waals surface area contributed by atoms with E-state index in [0.717, 1.165) is 16.2 Å². The maximum atomic E-state index is 13.1. The van der Waals surface area contributed by atoms with Crippen LogP contribution in [-0.2, 0) is 16.1 Å². The number of anilines is 2. The van der Waals surface area contributed by atoms with Crippen LogP contribution in [0.4, 0.5) is 11.4 Å². The van der Waals surface area contributed by atoms with Gasteiger partial charge in [-0.15, -0.1) is 11.3 Å². The Kier molecular flexibility index (Phi) is 4.95. The summed E-state index contributed by atoms with van der Waals surface area (Å²) in [6.45, 7) is -0.306. The normalized spacial score (nSPS) is 13.0. The molecule has 1 N–H and O–H groups in total. The maximum absolute atomic E-state index is 13.1. The first-order valence-electron chi connectivity index (χ1n) is 9.86. The van der Waals surface area contributed by atoms with Gasteiger partial charge in [0, 0.05) is 4.88 Å². The van der Waals surface area contributed by atoms with Crippen LogP contribution < -0.4 is 20.5 Å². The number of carbonyl (C=O) groups excluding carboxylic acids is 2. The number of hydrogen-bond donors (Lipinski definition) is 1. The van der Waals surface area contributed by atoms with Crippen LogP contribution in [0.2, 0.25) is 0 Å². The van der Waals surface area contributed by atoms with Crippen molar-refractivity contribution in [3.63, 3.8) is 0 Å². The Morgan fingerprint density at radius 2 is 1.94 bits per heavy atom. The third-order valence-corrected chi connectivity index (χ3v) is 6.42. The molecule has 5 rings (SSSR count). The fourth-order valence-corrected chi connectivity index (χ4v) is 4.71. The second kappa shape index (κ2) is 7.93. The van der Waals surface area contributed by atoms with Crippen LogP contribution >= 0.6 is 11.3 Å². The lowest BCUT2D eigenvalue weighted by Crippen LogP contribution is -2.44. The van der Waals surface area contributed by atoms with Crippen LogP contribution in [0.5, 0.6) is 5.75 Å². The number of thiophene rings is 1. The molecule has 8 nitrogen and oxygen atoms in total. The summed E-state index contributed by atoms with van der Waals surface area (Å²) >= 11 is 1.33. The summed E-state index contributed by atoms with van der Waals surface area (Å²) in [6.07, 6.45) is 1.38. The van der Waals surface area contributed by atoms with Crippen molar-refractivity contribution in [2.24, 2.45) is 0 Å². The lowest BCUT2D eigenvalue weighted by molar-refractivity contribution is -0.122. The predicted octanol–water partition coefficient (Wildman–Crippen LogP) is 3.12. The van der Waals surface area contributed by atoms with Crippen molar-refractivity contribution >= 4 is 44.7 Å². The van der Waals surface area contributed by atoms with Gasteiger partial charge in [-0.2, -0.15) is 0 Å². The van der Waals surface area contributed by atoms with Crippen molar-refractivity contribution in [2.45, 2.75) is 6.54 Å². The van der Waals surface area contributed by atoms with E-state index in [1.807, 2.05) is 30.3 Å². The molecule has 0 bridgehead atoms. The van der Waals surface area contributed by atoms with Gasteiger partial charge in [0.15, 0.2) is 0 Å². The minimum Gasteiger partial charge on any atom is -0.497 e. The molecule has 0 spiro atoms. The van der Waals surface area contributed by atoms with Crippen LogP contribution in [0, 0.1) is 0 Å². The van der Waals surface area contributed by atoms with Crippen LogP contribution in [0.1, 0.15) is 0 Å². The zero-order chi connectivity index (χ0) is 22.2. The first kappa shape index (κ1) is 20.0. The topological polar surface area (TPSA) is 93.5 Å². The molecule has 0 fully saturated rings. The number of nitrogens with zero attached hydrogens (tertiary/aromatic N) is 3. The van der Waals surface area contributed by atoms with Crippen molar-refractivity contribution in [1.82, 2.24) is 9.55 Å². The predicted molar refractivity (Wildman–Crippen MR) is 123 cm³/mol. The second-order valence-corrected chi connectivity index (χ2v) is 8.33. The number of para-hydroxylation sites is 2. The minimum atomic E-state index is -0.359. The van der Waals surface area contributed by atoms with E-state index in [4.69, 9.17) is 4.74 Å². The van der Waals surface area contributed by atoms with E-state index in [2.05, 4.69) is 10.3 Å². The highest BCUT2D eigenvalue weighted by molar-refractivity contribution is 7.22. The van der Waals surface area contributed by atoms with Gasteiger partial charge in [0.2, 0.25) is 11.8 Å². The number of nitrogens with one attached hydrogen (secondary N) is 1. The molecule has 1 aliphatic heterocycles. The van der Waals surface area contributed by atoms with E-state index in [-0.39, 0.29) is 30.5 Å². The molecule has 0 radical (unpaired) electrons. The SMILES string of the molecule is COc1ccc(-c2cc3ncn(CC(=O)N4CC(=O)Nc5ccccc54)c(=O)c3s2)cc1. The molecule has 1 aliphatic rings. The van der Waals surface area contributed by atoms with Crippen LogP contribution in [-0.4, -0.2) is 35.0 Å². The van der Waals surface area contributed by atoms with Crippen molar-refractivity contribution in [1.29, 1.82) is 0 Å². The second-order valence-electron chi connectivity index (χ2n) is 7.28. The summed E-state index contributed by atoms with van der Waals surface area (Å²) in [6, 6.07) is 16.5. The first-order valence-corrected chi connectivity index (χ1v) is 10.7. The molecule has 0 saturated carbocycles. The Hall–Kier alpha value is -3.98. The fourth-order valence-electron chi connectivity index (χ4n) is 3.64. The van der Waals surface area contributed by atoms with Crippen LogP contribution in [0.15, 0.2) is 65.7 Å². The third kappa shape index (κ3) is 3.52. The van der Waals surface area contributed by atoms with Crippen molar-refractivity contribution in [3.8, 4) is 16.2 Å². The smallest absolute Gasteiger partial charge is 0.271 e. The van der Waals surface area contributed by atoms with E-state index in [1.165, 1.54) is 27.1 Å². The zero-order valence-corrected chi connectivity index (χ0v) is 17.9. The Morgan fingerprint density at radius 1 is 1.16 bits per heavy atom. The zero-order valence-electron chi connectivity index (χ0n) is 17.1. The van der Waals surface area contributed by atoms with Crippen molar-refractivity contribution in [2.75, 3.05) is 23.9 Å². The Bertz CT molecular complexity index is 1410. The monoisotopic (exact) mass is 446 g/mol. The molecule has 2 aromatic heterocycles. The summed E-state index contributed by atoms with van der Waals surface area (Å²) < 4.78 is 6.95. The van der Waals surface area contributed by atoms with Gasteiger partial charge in [-0.3, -0.25) is 23.9 Å². The Morgan fingerprint density at radius 3 is 2.72 bits per heavy atom. The molecule has 160 valence electrons. The molecule has 32 heavy (non-hydrogen) atoms. The van der Waals surface area contributed by atoms with Gasteiger partial charge in [0.25, 0.3) is 5.56 Å². The van der Waals surface area contributed by atoms with Crippen molar-refractivity contribution in [3.05, 3.63) is 71.3 Å². The third-order valence-electron chi connectivity index (χ3n) is 5.26. The molecule has 2 aromatic carbocycles. The molecular formula is C23H18N4O4S. The average Bonchev–Trinajstić information content (AvgIpc) is 3.25. The summed E-state index contributed by atoms with van der Waals surface area (Å²) in [4.78, 5) is 44.8. The van der Waals surface area contributed by atoms with Gasteiger partial charge in [-0.25, -0.2) is 4.98 Å². The number of carbonyl (C=O) groups is 2. The number of fused-ring (bicyclic) bond motifs is 2. The molecule has 0 atom stereocenters. The summed E-state index contributed by atoms with van der Waals surface area (Å²) in [5, 5.41) is 2.75. The van der Waals surface area contributed by atoms with Gasteiger partial charge in [-0.1, -0.05) is 12.1 Å². The highest BCUT2D eigenvalue weighted by atomic mass is 32.1. The van der Waals surface area contributed by atoms with E-state index >= 15 is 0 Å². The molecule has 9 heteroatoms. The molecule has 0 unspecified atom stereocenters. The number of hydrogen-bond acceptors (Lipinski definition) is 6. The summed E-state index contributed by atoms with van der Waals surface area (Å²) in [5.74, 6) is 0.115. The van der Waals surface area contributed by atoms with Gasteiger partial charge in [-0.05, 0) is 48.0 Å². The Balaban J connectivity index is 1.45. The average molecular weight is 446 g/mol. The van der Waals surface area contributed by atoms with E-state index < -0.39 is 0 Å². The number of ether oxygens (including phenoxy) is 1. The van der Waals surface area contributed by atoms with Crippen molar-refractivity contribution < 1.29 is 14.3 Å². The van der Waals surface area contributed by atoms with E-state index in [0.29, 0.717) is 21.6 Å². The number of benzene rings is 2. The highest BCUT2D eigenvalue weighted by Crippen LogP contribution is 2.32. The largest absolute Gasteiger partial charge is 0.497 e. The number of rotatable bonds is 4. The quantitative estimate of drug-likeness (QED) is 0.520. The van der Waals surface area contributed by atoms with E-state index in [9.17, 15) is 14.4 Å². The van der Waals surface area contributed by atoms with Crippen LogP contribution in [0.25, 0.3) is 20.7 Å². The number of methoxy groups -OCH3 is 1. The minimum absolute atomic E-state index is 0.0963. The number of aromatic nitrogens is 2. The molecule has 0 aliphatic carbocycles. The molecule has 3 heterocycles. The lowest BCUT2D eigenvalue weighted by Gasteiger charge is -2.29. The maximum Gasteiger partial charge on any atom is 0.271 e. The summed E-state index contributed by atoms with van der Waals surface area (Å²) in [7, 11) is 1.61. The first-order chi connectivity index (χ1) is 15.5. The van der Waals surface area contributed by atoms with Gasteiger partial charge >= 0.3 is 0 Å². The molecule has 4 aromatic rings. The van der Waals surface area contributed by atoms with Gasteiger partial charge < -0.3 is 10.1 Å². The standard InChI is InChI=1S/C23H18N4O4S/c1-31-15-8-6-14(7-9-15)19-10-17-22(32-19)23(30)26(13-24-17)12-21(29)27-11-20(28)25-16-4-2-3-5-18(16)27/h2-10,13H,11-12H2,1H3,(H,25,28). The Labute approximate surface area is 186 Å². The number of amides is 2. The van der Waals surface area contributed by atoms with Crippen LogP contribution in [0.3, 0.4) is 0 Å². The van der Waals surface area contributed by atoms with Gasteiger partial charge in [0.1, 0.15) is 23.5 Å². The van der Waals surface area contributed by atoms with Gasteiger partial charge in [0.05, 0.1) is 30.3 Å². The summed E-state index contributed by atoms with van der Waals surface area (Å²) in [5.41, 5.74) is 2.42. The molecule has 0 saturated heterocycles. The molecular weight excluding hydrogens is 428 g/mol. The molecule has 2 amide bonds. The fraction of sp³-hybridized carbons (Fsp3) is 0.130. The van der Waals surface area contributed by atoms with E-state index in [1.54, 1.807) is 31.4 Å². The highest BCUT2D eigenvalue weighted by Gasteiger charge is 2.27.